The molecule has 0 aliphatic rings. The zero-order valence-corrected chi connectivity index (χ0v) is 3.52. The summed E-state index contributed by atoms with van der Waals surface area (Å²) in [6.45, 7) is -0.243. The molecule has 0 aliphatic carbocycles. The third-order valence-corrected chi connectivity index (χ3v) is 0.278. The van der Waals surface area contributed by atoms with Gasteiger partial charge in [-0.3, -0.25) is 0 Å². The first kappa shape index (κ1) is 6.36. The summed E-state index contributed by atoms with van der Waals surface area (Å²) >= 11 is 0. The Hall–Kier alpha value is -0.640. The minimum absolute atomic E-state index is 0.361. The van der Waals surface area contributed by atoms with Crippen molar-refractivity contribution in [2.75, 3.05) is 13.7 Å². The third kappa shape index (κ3) is 5.36. The van der Waals surface area contributed by atoms with Crippen LogP contribution < -0.4 is 0 Å². The van der Waals surface area contributed by atoms with Gasteiger partial charge in [0.05, 0.1) is 0 Å². The molecule has 0 aromatic carbocycles. The third-order valence-electron chi connectivity index (χ3n) is 0.278. The van der Waals surface area contributed by atoms with Crippen LogP contribution in [0.2, 0.25) is 0 Å². The van der Waals surface area contributed by atoms with Crippen molar-refractivity contribution in [2.45, 2.75) is 0 Å². The van der Waals surface area contributed by atoms with Crippen LogP contribution in [0.1, 0.15) is 0 Å². The summed E-state index contributed by atoms with van der Waals surface area (Å²) in [6, 6.07) is 0. The highest BCUT2D eigenvalue weighted by Gasteiger charge is 1.79. The van der Waals surface area contributed by atoms with Gasteiger partial charge in [-0.2, -0.15) is 0 Å². The molecule has 1 radical (unpaired) electrons. The molecule has 4 heteroatoms. The van der Waals surface area contributed by atoms with Crippen LogP contribution in [0.25, 0.3) is 0 Å². The van der Waals surface area contributed by atoms with Crippen LogP contribution in [0.3, 0.4) is 0 Å². The molecule has 3 nitrogen and oxygen atoms in total. The Morgan fingerprint density at radius 2 is 2.43 bits per heavy atom. The smallest absolute Gasteiger partial charge is 0.419 e. The minimum atomic E-state index is -0.943. The lowest BCUT2D eigenvalue weighted by Gasteiger charge is -1.90. The van der Waals surface area contributed by atoms with Gasteiger partial charge >= 0.3 is 6.47 Å². The van der Waals surface area contributed by atoms with E-state index in [1.165, 1.54) is 0 Å². The van der Waals surface area contributed by atoms with Crippen molar-refractivity contribution in [3.8, 4) is 0 Å². The van der Waals surface area contributed by atoms with Crippen molar-refractivity contribution < 1.29 is 18.7 Å². The van der Waals surface area contributed by atoms with Crippen molar-refractivity contribution >= 4 is 6.47 Å². The highest BCUT2D eigenvalue weighted by Crippen LogP contribution is 1.72. The topological polar surface area (TPSA) is 35.5 Å². The van der Waals surface area contributed by atoms with Crippen LogP contribution >= 0.6 is 0 Å². The predicted molar refractivity (Wildman–Crippen MR) is 18.7 cm³/mol. The summed E-state index contributed by atoms with van der Waals surface area (Å²) in [5.74, 6) is 0. The minimum Gasteiger partial charge on any atom is -0.430 e. The molecule has 0 atom stereocenters. The Kier molecular flexibility index (Phi) is 4.87. The second-order valence-electron chi connectivity index (χ2n) is 0.659. The molecule has 0 unspecified atom stereocenters. The first-order valence-corrected chi connectivity index (χ1v) is 1.54. The van der Waals surface area contributed by atoms with Gasteiger partial charge < -0.3 is 9.47 Å². The monoisotopic (exact) mass is 107 g/mol. The lowest BCUT2D eigenvalue weighted by molar-refractivity contribution is -0.0354. The number of alkyl halides is 1. The summed E-state index contributed by atoms with van der Waals surface area (Å²) in [7, 11) is 0. The first-order chi connectivity index (χ1) is 3.41. The predicted octanol–water partition coefficient (Wildman–Crippen LogP) is -0.0287. The van der Waals surface area contributed by atoms with Gasteiger partial charge in [-0.1, -0.05) is 0 Å². The van der Waals surface area contributed by atoms with E-state index in [2.05, 4.69) is 9.47 Å². The van der Waals surface area contributed by atoms with Gasteiger partial charge in [0, 0.05) is 0 Å². The molecule has 0 saturated heterocycles. The van der Waals surface area contributed by atoms with Crippen LogP contribution in [0.5, 0.6) is 0 Å². The van der Waals surface area contributed by atoms with Crippen molar-refractivity contribution in [3.63, 3.8) is 0 Å². The zero-order valence-electron chi connectivity index (χ0n) is 3.52. The van der Waals surface area contributed by atoms with Gasteiger partial charge in [0.1, 0.15) is 0 Å². The molecule has 0 aromatic heterocycles. The van der Waals surface area contributed by atoms with E-state index in [0.717, 1.165) is 6.47 Å². The molecule has 0 fully saturated rings. The number of rotatable bonds is 4. The molecule has 0 aliphatic heterocycles. The quantitative estimate of drug-likeness (QED) is 0.374. The molecular formula is C3H4FO3. The molecular weight excluding hydrogens is 103 g/mol. The van der Waals surface area contributed by atoms with E-state index in [1.54, 1.807) is 0 Å². The van der Waals surface area contributed by atoms with Gasteiger partial charge in [0.25, 0.3) is 0 Å². The SMILES string of the molecule is O=[C]OCOCF. The van der Waals surface area contributed by atoms with Crippen molar-refractivity contribution in [1.29, 1.82) is 0 Å². The van der Waals surface area contributed by atoms with Crippen LogP contribution in [0, 0.1) is 0 Å². The Morgan fingerprint density at radius 1 is 1.71 bits per heavy atom. The Labute approximate surface area is 40.0 Å². The zero-order chi connectivity index (χ0) is 5.54. The molecule has 7 heavy (non-hydrogen) atoms. The van der Waals surface area contributed by atoms with E-state index in [9.17, 15) is 4.39 Å². The van der Waals surface area contributed by atoms with E-state index < -0.39 is 6.86 Å². The van der Waals surface area contributed by atoms with E-state index in [4.69, 9.17) is 4.79 Å². The Morgan fingerprint density at radius 3 is 2.86 bits per heavy atom. The van der Waals surface area contributed by atoms with E-state index in [1.807, 2.05) is 0 Å². The summed E-state index contributed by atoms with van der Waals surface area (Å²) in [4.78, 5) is 9.13. The maximum absolute atomic E-state index is 10.9. The largest absolute Gasteiger partial charge is 0.430 e. The number of ether oxygens (including phenoxy) is 2. The molecule has 0 amide bonds. The molecule has 41 valence electrons. The van der Waals surface area contributed by atoms with Crippen molar-refractivity contribution in [2.24, 2.45) is 0 Å². The molecule has 0 rings (SSSR count). The Bertz CT molecular complexity index is 47.4. The summed E-state index contributed by atoms with van der Waals surface area (Å²) in [5.41, 5.74) is 0. The molecule has 0 aromatic rings. The summed E-state index contributed by atoms with van der Waals surface area (Å²) < 4.78 is 18.6. The van der Waals surface area contributed by atoms with E-state index >= 15 is 0 Å². The fourth-order valence-corrected chi connectivity index (χ4v) is 0.0972. The van der Waals surface area contributed by atoms with Crippen LogP contribution in [-0.4, -0.2) is 20.1 Å². The molecule has 0 spiro atoms. The fourth-order valence-electron chi connectivity index (χ4n) is 0.0972. The molecule has 0 saturated carbocycles. The van der Waals surface area contributed by atoms with Gasteiger partial charge in [0.15, 0.2) is 13.7 Å². The fraction of sp³-hybridized carbons (Fsp3) is 0.667. The summed E-state index contributed by atoms with van der Waals surface area (Å²) in [6.07, 6.45) is 0. The standard InChI is InChI=1S/C3H4FO3/c4-1-6-3-7-2-5/h1,3H2. The lowest BCUT2D eigenvalue weighted by atomic mass is 11.3. The van der Waals surface area contributed by atoms with Gasteiger partial charge in [-0.25, -0.2) is 9.18 Å². The second-order valence-corrected chi connectivity index (χ2v) is 0.659. The second kappa shape index (κ2) is 5.36. The first-order valence-electron chi connectivity index (χ1n) is 1.54. The molecule has 0 bridgehead atoms. The van der Waals surface area contributed by atoms with Gasteiger partial charge in [-0.15, -0.1) is 0 Å². The van der Waals surface area contributed by atoms with Gasteiger partial charge in [0.2, 0.25) is 0 Å². The lowest BCUT2D eigenvalue weighted by Crippen LogP contribution is -1.95. The number of carbonyl (C=O) groups excluding carboxylic acids is 1. The van der Waals surface area contributed by atoms with Gasteiger partial charge in [-0.05, 0) is 0 Å². The van der Waals surface area contributed by atoms with Crippen LogP contribution in [0.15, 0.2) is 0 Å². The number of halogens is 1. The van der Waals surface area contributed by atoms with E-state index in [0.29, 0.717) is 0 Å². The Balaban J connectivity index is 2.56. The molecule has 0 heterocycles. The maximum atomic E-state index is 10.9. The normalized spacial score (nSPS) is 8.14. The van der Waals surface area contributed by atoms with E-state index in [-0.39, 0.29) is 6.79 Å². The average molecular weight is 107 g/mol. The maximum Gasteiger partial charge on any atom is 0.419 e. The molecule has 0 N–H and O–H groups in total. The summed E-state index contributed by atoms with van der Waals surface area (Å²) in [5, 5.41) is 0. The number of hydrogen-bond acceptors (Lipinski definition) is 3. The highest BCUT2D eigenvalue weighted by molar-refractivity contribution is 5.37. The van der Waals surface area contributed by atoms with Crippen LogP contribution in [-0.2, 0) is 14.3 Å². The number of hydrogen-bond donors (Lipinski definition) is 0. The average Bonchev–Trinajstić information content (AvgIpc) is 1.69. The van der Waals surface area contributed by atoms with Crippen molar-refractivity contribution in [3.05, 3.63) is 0 Å². The highest BCUT2D eigenvalue weighted by atomic mass is 19.1. The van der Waals surface area contributed by atoms with Crippen LogP contribution in [0.4, 0.5) is 4.39 Å². The van der Waals surface area contributed by atoms with Crippen molar-refractivity contribution in [1.82, 2.24) is 0 Å².